The molecule has 0 heterocycles. The van der Waals surface area contributed by atoms with E-state index in [4.69, 9.17) is 5.73 Å². The fourth-order valence-corrected chi connectivity index (χ4v) is 1.80. The van der Waals surface area contributed by atoms with Crippen molar-refractivity contribution in [1.82, 2.24) is 0 Å². The Bertz CT molecular complexity index is 689. The van der Waals surface area contributed by atoms with E-state index in [-0.39, 0.29) is 48.2 Å². The molecule has 0 saturated heterocycles. The van der Waals surface area contributed by atoms with Gasteiger partial charge in [0.25, 0.3) is 0 Å². The standard InChI is InChI=1S/C16H17FN4O.HI/c1-11-3-2-4-14(9-11)21-16(18)19-10-15(22)20-13-7-5-12(17)6-8-13;/h2-9H,10H2,1H3,(H,20,22)(H3,18,19,21);1H. The lowest BCUT2D eigenvalue weighted by atomic mass is 10.2. The number of nitrogens with zero attached hydrogens (tertiary/aromatic N) is 1. The highest BCUT2D eigenvalue weighted by molar-refractivity contribution is 14.0. The zero-order valence-electron chi connectivity index (χ0n) is 12.5. The summed E-state index contributed by atoms with van der Waals surface area (Å²) in [7, 11) is 0. The number of amides is 1. The van der Waals surface area contributed by atoms with Crippen molar-refractivity contribution < 1.29 is 9.18 Å². The lowest BCUT2D eigenvalue weighted by Gasteiger charge is -2.07. The molecule has 122 valence electrons. The highest BCUT2D eigenvalue weighted by Crippen LogP contribution is 2.09. The molecular formula is C16H18FIN4O. The third-order valence-corrected chi connectivity index (χ3v) is 2.81. The summed E-state index contributed by atoms with van der Waals surface area (Å²) in [5.41, 5.74) is 8.13. The van der Waals surface area contributed by atoms with Crippen LogP contribution in [0.4, 0.5) is 15.8 Å². The fourth-order valence-electron chi connectivity index (χ4n) is 1.80. The number of nitrogens with two attached hydrogens (primary N) is 1. The molecule has 23 heavy (non-hydrogen) atoms. The van der Waals surface area contributed by atoms with Gasteiger partial charge in [-0.25, -0.2) is 9.38 Å². The first-order valence-electron chi connectivity index (χ1n) is 6.72. The topological polar surface area (TPSA) is 79.5 Å². The number of rotatable bonds is 4. The Labute approximate surface area is 151 Å². The van der Waals surface area contributed by atoms with Gasteiger partial charge in [0.1, 0.15) is 12.4 Å². The van der Waals surface area contributed by atoms with Crippen molar-refractivity contribution >= 4 is 47.2 Å². The van der Waals surface area contributed by atoms with Crippen molar-refractivity contribution in [2.45, 2.75) is 6.92 Å². The van der Waals surface area contributed by atoms with Gasteiger partial charge >= 0.3 is 0 Å². The average molecular weight is 428 g/mol. The molecule has 5 nitrogen and oxygen atoms in total. The van der Waals surface area contributed by atoms with Gasteiger partial charge in [0.05, 0.1) is 0 Å². The normalized spacial score (nSPS) is 10.6. The number of carbonyl (C=O) groups excluding carboxylic acids is 1. The van der Waals surface area contributed by atoms with Crippen LogP contribution in [0, 0.1) is 12.7 Å². The summed E-state index contributed by atoms with van der Waals surface area (Å²) in [4.78, 5) is 15.7. The molecule has 0 bridgehead atoms. The van der Waals surface area contributed by atoms with Gasteiger partial charge in [0.15, 0.2) is 5.96 Å². The van der Waals surface area contributed by atoms with E-state index in [0.717, 1.165) is 11.3 Å². The van der Waals surface area contributed by atoms with Crippen LogP contribution in [0.15, 0.2) is 53.5 Å². The van der Waals surface area contributed by atoms with Gasteiger partial charge in [0.2, 0.25) is 5.91 Å². The van der Waals surface area contributed by atoms with Gasteiger partial charge in [0, 0.05) is 11.4 Å². The molecule has 0 aliphatic carbocycles. The SMILES string of the molecule is Cc1cccc(NC(N)=NCC(=O)Nc2ccc(F)cc2)c1.I. The Balaban J connectivity index is 0.00000264. The van der Waals surface area contributed by atoms with Crippen molar-refractivity contribution in [3.8, 4) is 0 Å². The van der Waals surface area contributed by atoms with Gasteiger partial charge in [-0.05, 0) is 48.9 Å². The molecule has 4 N–H and O–H groups in total. The average Bonchev–Trinajstić information content (AvgIpc) is 2.48. The van der Waals surface area contributed by atoms with Crippen LogP contribution in [0.5, 0.6) is 0 Å². The molecule has 0 aliphatic heterocycles. The van der Waals surface area contributed by atoms with Gasteiger partial charge in [-0.15, -0.1) is 24.0 Å². The number of halogens is 2. The fraction of sp³-hybridized carbons (Fsp3) is 0.125. The van der Waals surface area contributed by atoms with E-state index in [1.807, 2.05) is 31.2 Å². The summed E-state index contributed by atoms with van der Waals surface area (Å²) in [6.45, 7) is 1.84. The number of aliphatic imine (C=N–C) groups is 1. The van der Waals surface area contributed by atoms with Crippen molar-refractivity contribution in [2.24, 2.45) is 10.7 Å². The van der Waals surface area contributed by atoms with E-state index in [9.17, 15) is 9.18 Å². The maximum atomic E-state index is 12.8. The van der Waals surface area contributed by atoms with Gasteiger partial charge in [-0.2, -0.15) is 0 Å². The summed E-state index contributed by atoms with van der Waals surface area (Å²) in [5.74, 6) is -0.539. The first kappa shape index (κ1) is 18.9. The summed E-state index contributed by atoms with van der Waals surface area (Å²) < 4.78 is 12.8. The van der Waals surface area contributed by atoms with E-state index in [1.54, 1.807) is 0 Å². The number of guanidine groups is 1. The van der Waals surface area contributed by atoms with Gasteiger partial charge < -0.3 is 16.4 Å². The van der Waals surface area contributed by atoms with E-state index in [2.05, 4.69) is 15.6 Å². The molecule has 0 aromatic heterocycles. The number of nitrogens with one attached hydrogen (secondary N) is 2. The Morgan fingerprint density at radius 1 is 1.13 bits per heavy atom. The van der Waals surface area contributed by atoms with Crippen molar-refractivity contribution in [1.29, 1.82) is 0 Å². The van der Waals surface area contributed by atoms with Crippen LogP contribution in [0.2, 0.25) is 0 Å². The Kier molecular flexibility index (Phi) is 7.46. The predicted octanol–water partition coefficient (Wildman–Crippen LogP) is 3.12. The molecular weight excluding hydrogens is 410 g/mol. The quantitative estimate of drug-likeness (QED) is 0.398. The minimum Gasteiger partial charge on any atom is -0.370 e. The highest BCUT2D eigenvalue weighted by Gasteiger charge is 2.02. The maximum absolute atomic E-state index is 12.8. The Morgan fingerprint density at radius 2 is 1.83 bits per heavy atom. The molecule has 2 aromatic rings. The molecule has 2 aromatic carbocycles. The lowest BCUT2D eigenvalue weighted by molar-refractivity contribution is -0.114. The van der Waals surface area contributed by atoms with Crippen molar-refractivity contribution in [3.63, 3.8) is 0 Å². The molecule has 0 aliphatic rings. The third kappa shape index (κ3) is 6.64. The summed E-state index contributed by atoms with van der Waals surface area (Å²) in [6, 6.07) is 13.1. The first-order chi connectivity index (χ1) is 10.5. The number of aryl methyl sites for hydroxylation is 1. The molecule has 0 unspecified atom stereocenters. The number of anilines is 2. The molecule has 7 heteroatoms. The van der Waals surface area contributed by atoms with Crippen LogP contribution in [0.3, 0.4) is 0 Å². The molecule has 0 fully saturated rings. The molecule has 0 saturated carbocycles. The van der Waals surface area contributed by atoms with E-state index >= 15 is 0 Å². The highest BCUT2D eigenvalue weighted by atomic mass is 127. The molecule has 0 radical (unpaired) electrons. The van der Waals surface area contributed by atoms with Crippen molar-refractivity contribution in [2.75, 3.05) is 17.2 Å². The van der Waals surface area contributed by atoms with E-state index < -0.39 is 0 Å². The Hall–Kier alpha value is -2.16. The smallest absolute Gasteiger partial charge is 0.246 e. The van der Waals surface area contributed by atoms with Crippen LogP contribution < -0.4 is 16.4 Å². The molecule has 1 amide bonds. The number of benzene rings is 2. The molecule has 0 spiro atoms. The lowest BCUT2D eigenvalue weighted by Crippen LogP contribution is -2.25. The van der Waals surface area contributed by atoms with Gasteiger partial charge in [-0.1, -0.05) is 12.1 Å². The van der Waals surface area contributed by atoms with Gasteiger partial charge in [-0.3, -0.25) is 4.79 Å². The summed E-state index contributed by atoms with van der Waals surface area (Å²) >= 11 is 0. The predicted molar refractivity (Wildman–Crippen MR) is 102 cm³/mol. The molecule has 0 atom stereocenters. The minimum absolute atomic E-state index is 0. The monoisotopic (exact) mass is 428 g/mol. The van der Waals surface area contributed by atoms with Crippen molar-refractivity contribution in [3.05, 3.63) is 59.9 Å². The third-order valence-electron chi connectivity index (χ3n) is 2.81. The zero-order chi connectivity index (χ0) is 15.9. The number of hydrogen-bond acceptors (Lipinski definition) is 2. The van der Waals surface area contributed by atoms with Crippen LogP contribution in [-0.2, 0) is 4.79 Å². The Morgan fingerprint density at radius 3 is 2.48 bits per heavy atom. The first-order valence-corrected chi connectivity index (χ1v) is 6.72. The van der Waals surface area contributed by atoms with Crippen LogP contribution >= 0.6 is 24.0 Å². The largest absolute Gasteiger partial charge is 0.370 e. The van der Waals surface area contributed by atoms with E-state index in [1.165, 1.54) is 24.3 Å². The second kappa shape index (κ2) is 9.09. The number of carbonyl (C=O) groups is 1. The summed E-state index contributed by atoms with van der Waals surface area (Å²) in [5, 5.41) is 5.51. The zero-order valence-corrected chi connectivity index (χ0v) is 14.9. The number of hydrogen-bond donors (Lipinski definition) is 3. The van der Waals surface area contributed by atoms with Crippen LogP contribution in [0.25, 0.3) is 0 Å². The summed E-state index contributed by atoms with van der Waals surface area (Å²) in [6.07, 6.45) is 0. The molecule has 2 rings (SSSR count). The second-order valence-corrected chi connectivity index (χ2v) is 4.75. The second-order valence-electron chi connectivity index (χ2n) is 4.75. The van der Waals surface area contributed by atoms with E-state index in [0.29, 0.717) is 5.69 Å². The van der Waals surface area contributed by atoms with Crippen LogP contribution in [0.1, 0.15) is 5.56 Å². The van der Waals surface area contributed by atoms with Crippen LogP contribution in [-0.4, -0.2) is 18.4 Å². The maximum Gasteiger partial charge on any atom is 0.246 e. The minimum atomic E-state index is -0.359.